The first-order chi connectivity index (χ1) is 13.1. The molecule has 0 aliphatic carbocycles. The van der Waals surface area contributed by atoms with Gasteiger partial charge < -0.3 is 15.6 Å². The number of nitrogens with zero attached hydrogens (tertiary/aromatic N) is 3. The number of hydrogen-bond acceptors (Lipinski definition) is 7. The fraction of sp³-hybridized carbons (Fsp3) is 0.412. The van der Waals surface area contributed by atoms with Gasteiger partial charge in [-0.25, -0.2) is 4.98 Å². The highest BCUT2D eigenvalue weighted by molar-refractivity contribution is 7.98. The third-order valence-electron chi connectivity index (χ3n) is 3.61. The van der Waals surface area contributed by atoms with Gasteiger partial charge >= 0.3 is 0 Å². The van der Waals surface area contributed by atoms with Crippen molar-refractivity contribution in [1.29, 1.82) is 0 Å². The van der Waals surface area contributed by atoms with E-state index in [4.69, 9.17) is 11.6 Å². The van der Waals surface area contributed by atoms with Gasteiger partial charge in [-0.1, -0.05) is 11.6 Å². The summed E-state index contributed by atoms with van der Waals surface area (Å²) in [7, 11) is 0. The number of H-pyrrole nitrogens is 1. The maximum absolute atomic E-state index is 10.8. The van der Waals surface area contributed by atoms with E-state index in [1.54, 1.807) is 30.4 Å². The van der Waals surface area contributed by atoms with Crippen molar-refractivity contribution < 1.29 is 4.92 Å². The molecule has 0 bridgehead atoms. The van der Waals surface area contributed by atoms with Gasteiger partial charge in [0.2, 0.25) is 0 Å². The molecule has 0 amide bonds. The van der Waals surface area contributed by atoms with Crippen molar-refractivity contribution in [3.8, 4) is 0 Å². The van der Waals surface area contributed by atoms with Gasteiger partial charge in [-0.2, -0.15) is 11.8 Å². The molecule has 0 radical (unpaired) electrons. The standard InChI is InChI=1S/C17H23ClN6O2S/c18-15-5-3-7-20-16(15)12-27-9-8-22-17(11-24(25)26)21-6-2-1-4-14-10-19-13-23-14/h3,5,7,10-11,13,21-22H,1-2,4,6,8-9,12H2,(H,19,23)/b17-11+. The number of hydrogen-bond donors (Lipinski definition) is 3. The molecule has 2 rings (SSSR count). The summed E-state index contributed by atoms with van der Waals surface area (Å²) in [5.41, 5.74) is 1.94. The quantitative estimate of drug-likeness (QED) is 0.264. The van der Waals surface area contributed by atoms with E-state index >= 15 is 0 Å². The Labute approximate surface area is 167 Å². The first kappa shape index (κ1) is 21.0. The largest absolute Gasteiger partial charge is 0.367 e. The topological polar surface area (TPSA) is 109 Å². The first-order valence-corrected chi connectivity index (χ1v) is 10.2. The second kappa shape index (κ2) is 12.2. The fourth-order valence-corrected chi connectivity index (χ4v) is 3.38. The molecule has 3 N–H and O–H groups in total. The molecule has 0 atom stereocenters. The molecule has 27 heavy (non-hydrogen) atoms. The van der Waals surface area contributed by atoms with E-state index in [2.05, 4.69) is 25.6 Å². The number of thioether (sulfide) groups is 1. The number of nitrogens with one attached hydrogen (secondary N) is 3. The van der Waals surface area contributed by atoms with Crippen LogP contribution in [0.2, 0.25) is 5.02 Å². The Morgan fingerprint density at radius 3 is 2.96 bits per heavy atom. The van der Waals surface area contributed by atoms with Crippen LogP contribution in [-0.2, 0) is 12.2 Å². The van der Waals surface area contributed by atoms with Gasteiger partial charge in [0, 0.05) is 42.7 Å². The Hall–Kier alpha value is -2.26. The van der Waals surface area contributed by atoms with E-state index in [1.807, 2.05) is 12.3 Å². The van der Waals surface area contributed by atoms with Crippen LogP contribution in [0.1, 0.15) is 24.2 Å². The summed E-state index contributed by atoms with van der Waals surface area (Å²) in [5, 5.41) is 17.6. The Morgan fingerprint density at radius 2 is 2.22 bits per heavy atom. The number of rotatable bonds is 13. The van der Waals surface area contributed by atoms with E-state index in [9.17, 15) is 10.1 Å². The van der Waals surface area contributed by atoms with Crippen LogP contribution in [0.5, 0.6) is 0 Å². The molecular weight excluding hydrogens is 388 g/mol. The summed E-state index contributed by atoms with van der Waals surface area (Å²) in [6.07, 6.45) is 8.95. The molecule has 0 aliphatic heterocycles. The highest BCUT2D eigenvalue weighted by Crippen LogP contribution is 2.17. The third-order valence-corrected chi connectivity index (χ3v) is 4.93. The average molecular weight is 411 g/mol. The molecule has 0 aliphatic rings. The fourth-order valence-electron chi connectivity index (χ4n) is 2.30. The number of aryl methyl sites for hydroxylation is 1. The Morgan fingerprint density at radius 1 is 1.37 bits per heavy atom. The van der Waals surface area contributed by atoms with Crippen LogP contribution in [0.4, 0.5) is 0 Å². The molecular formula is C17H23ClN6O2S. The monoisotopic (exact) mass is 410 g/mol. The van der Waals surface area contributed by atoms with Crippen LogP contribution in [-0.4, -0.2) is 38.7 Å². The number of unbranched alkanes of at least 4 members (excludes halogenated alkanes) is 1. The van der Waals surface area contributed by atoms with E-state index in [0.29, 0.717) is 29.7 Å². The van der Waals surface area contributed by atoms with Crippen molar-refractivity contribution in [1.82, 2.24) is 25.6 Å². The summed E-state index contributed by atoms with van der Waals surface area (Å²) in [5.74, 6) is 1.91. The second-order valence-electron chi connectivity index (χ2n) is 5.70. The third kappa shape index (κ3) is 8.78. The summed E-state index contributed by atoms with van der Waals surface area (Å²) in [6, 6.07) is 3.62. The van der Waals surface area contributed by atoms with E-state index in [0.717, 1.165) is 42.6 Å². The molecule has 8 nitrogen and oxygen atoms in total. The van der Waals surface area contributed by atoms with Crippen LogP contribution < -0.4 is 10.6 Å². The van der Waals surface area contributed by atoms with Crippen LogP contribution in [0.3, 0.4) is 0 Å². The van der Waals surface area contributed by atoms with Crippen molar-refractivity contribution in [3.05, 3.63) is 69.4 Å². The van der Waals surface area contributed by atoms with Crippen LogP contribution in [0.25, 0.3) is 0 Å². The minimum atomic E-state index is -0.458. The maximum atomic E-state index is 10.8. The number of imidazole rings is 1. The van der Waals surface area contributed by atoms with Crippen molar-refractivity contribution in [2.45, 2.75) is 25.0 Å². The molecule has 0 aromatic carbocycles. The summed E-state index contributed by atoms with van der Waals surface area (Å²) in [4.78, 5) is 21.6. The van der Waals surface area contributed by atoms with Crippen molar-refractivity contribution in [2.75, 3.05) is 18.8 Å². The summed E-state index contributed by atoms with van der Waals surface area (Å²) >= 11 is 7.74. The zero-order valence-corrected chi connectivity index (χ0v) is 16.4. The van der Waals surface area contributed by atoms with Gasteiger partial charge in [0.15, 0.2) is 5.82 Å². The van der Waals surface area contributed by atoms with E-state index < -0.39 is 4.92 Å². The molecule has 0 saturated carbocycles. The molecule has 10 heteroatoms. The molecule has 0 spiro atoms. The van der Waals surface area contributed by atoms with Crippen molar-refractivity contribution >= 4 is 23.4 Å². The van der Waals surface area contributed by atoms with E-state index in [1.165, 1.54) is 0 Å². The zero-order valence-electron chi connectivity index (χ0n) is 14.9. The first-order valence-electron chi connectivity index (χ1n) is 8.62. The molecule has 146 valence electrons. The lowest BCUT2D eigenvalue weighted by Gasteiger charge is -2.11. The van der Waals surface area contributed by atoms with Gasteiger partial charge in [0.1, 0.15) is 0 Å². The SMILES string of the molecule is O=[N+]([O-])/C=C(\NCCCCc1cnc[nH]1)NCCSCc1ncccc1Cl. The van der Waals surface area contributed by atoms with Gasteiger partial charge in [-0.15, -0.1) is 0 Å². The molecule has 0 saturated heterocycles. The lowest BCUT2D eigenvalue weighted by atomic mass is 10.2. The van der Waals surface area contributed by atoms with Crippen molar-refractivity contribution in [3.63, 3.8) is 0 Å². The van der Waals surface area contributed by atoms with Crippen LogP contribution >= 0.6 is 23.4 Å². The minimum absolute atomic E-state index is 0.429. The smallest absolute Gasteiger partial charge is 0.274 e. The zero-order chi connectivity index (χ0) is 19.3. The van der Waals surface area contributed by atoms with Crippen molar-refractivity contribution in [2.24, 2.45) is 0 Å². The van der Waals surface area contributed by atoms with Gasteiger partial charge in [0.05, 0.1) is 22.0 Å². The molecule has 2 heterocycles. The van der Waals surface area contributed by atoms with Crippen LogP contribution in [0.15, 0.2) is 42.9 Å². The number of pyridine rings is 1. The molecule has 2 aromatic heterocycles. The van der Waals surface area contributed by atoms with Gasteiger partial charge in [0.25, 0.3) is 6.20 Å². The average Bonchev–Trinajstić information content (AvgIpc) is 3.15. The van der Waals surface area contributed by atoms with Crippen LogP contribution in [0, 0.1) is 10.1 Å². The Balaban J connectivity index is 1.62. The van der Waals surface area contributed by atoms with Gasteiger partial charge in [-0.05, 0) is 31.4 Å². The summed E-state index contributed by atoms with van der Waals surface area (Å²) < 4.78 is 0. The Bertz CT molecular complexity index is 726. The molecule has 2 aromatic rings. The second-order valence-corrected chi connectivity index (χ2v) is 7.21. The summed E-state index contributed by atoms with van der Waals surface area (Å²) in [6.45, 7) is 1.27. The predicted molar refractivity (Wildman–Crippen MR) is 108 cm³/mol. The van der Waals surface area contributed by atoms with E-state index in [-0.39, 0.29) is 0 Å². The predicted octanol–water partition coefficient (Wildman–Crippen LogP) is 2.97. The molecule has 0 unspecified atom stereocenters. The number of nitro groups is 1. The number of aromatic nitrogens is 3. The Kier molecular flexibility index (Phi) is 9.50. The number of halogens is 1. The highest BCUT2D eigenvalue weighted by Gasteiger charge is 2.04. The highest BCUT2D eigenvalue weighted by atomic mass is 35.5. The minimum Gasteiger partial charge on any atom is -0.367 e. The normalized spacial score (nSPS) is 11.4. The lowest BCUT2D eigenvalue weighted by Crippen LogP contribution is -2.29. The maximum Gasteiger partial charge on any atom is 0.274 e. The number of aromatic amines is 1. The molecule has 0 fully saturated rings. The van der Waals surface area contributed by atoms with Gasteiger partial charge in [-0.3, -0.25) is 15.1 Å². The lowest BCUT2D eigenvalue weighted by molar-refractivity contribution is -0.404.